The third-order valence-electron chi connectivity index (χ3n) is 4.84. The van der Waals surface area contributed by atoms with Crippen LogP contribution in [0.15, 0.2) is 59.1 Å². The normalized spacial score (nSPS) is 11.3. The second-order valence-electron chi connectivity index (χ2n) is 7.29. The van der Waals surface area contributed by atoms with E-state index in [0.29, 0.717) is 0 Å². The predicted molar refractivity (Wildman–Crippen MR) is 126 cm³/mol. The molecule has 5 nitrogen and oxygen atoms in total. The number of hydrogen-bond acceptors (Lipinski definition) is 5. The number of amides is 1. The largest absolute Gasteiger partial charge is 0.325 e. The SMILES string of the molecule is CCc1cc(-c2nnc(SCC(=O)Nc3cccc4ccccc34)n2C(C)C)cs1. The minimum atomic E-state index is -0.0555. The lowest BCUT2D eigenvalue weighted by molar-refractivity contribution is -0.113. The first-order valence-electron chi connectivity index (χ1n) is 10.00. The number of hydrogen-bond donors (Lipinski definition) is 1. The summed E-state index contributed by atoms with van der Waals surface area (Å²) in [5.41, 5.74) is 1.92. The van der Waals surface area contributed by atoms with Gasteiger partial charge in [-0.15, -0.1) is 21.5 Å². The van der Waals surface area contributed by atoms with E-state index >= 15 is 0 Å². The summed E-state index contributed by atoms with van der Waals surface area (Å²) in [6, 6.07) is 16.3. The van der Waals surface area contributed by atoms with Crippen molar-refractivity contribution in [2.45, 2.75) is 38.4 Å². The highest BCUT2D eigenvalue weighted by atomic mass is 32.2. The third kappa shape index (κ3) is 4.27. The molecule has 0 aliphatic heterocycles. The van der Waals surface area contributed by atoms with Crippen LogP contribution in [-0.2, 0) is 11.2 Å². The number of benzene rings is 2. The van der Waals surface area contributed by atoms with Gasteiger partial charge in [-0.05, 0) is 37.8 Å². The molecule has 0 atom stereocenters. The van der Waals surface area contributed by atoms with Gasteiger partial charge in [-0.1, -0.05) is 55.1 Å². The highest BCUT2D eigenvalue weighted by molar-refractivity contribution is 7.99. The Labute approximate surface area is 184 Å². The van der Waals surface area contributed by atoms with Gasteiger partial charge < -0.3 is 5.32 Å². The molecular weight excluding hydrogens is 412 g/mol. The van der Waals surface area contributed by atoms with Crippen molar-refractivity contribution in [3.05, 3.63) is 58.8 Å². The molecule has 0 spiro atoms. The van der Waals surface area contributed by atoms with Gasteiger partial charge in [-0.25, -0.2) is 0 Å². The lowest BCUT2D eigenvalue weighted by Gasteiger charge is -2.13. The summed E-state index contributed by atoms with van der Waals surface area (Å²) in [6.45, 7) is 6.37. The fourth-order valence-electron chi connectivity index (χ4n) is 3.37. The van der Waals surface area contributed by atoms with E-state index in [1.54, 1.807) is 11.3 Å². The van der Waals surface area contributed by atoms with Crippen molar-refractivity contribution in [3.63, 3.8) is 0 Å². The molecule has 0 radical (unpaired) electrons. The van der Waals surface area contributed by atoms with Gasteiger partial charge >= 0.3 is 0 Å². The first-order valence-corrected chi connectivity index (χ1v) is 11.9. The maximum Gasteiger partial charge on any atom is 0.234 e. The van der Waals surface area contributed by atoms with Gasteiger partial charge in [0.25, 0.3) is 0 Å². The number of carbonyl (C=O) groups is 1. The zero-order valence-electron chi connectivity index (χ0n) is 17.3. The quantitative estimate of drug-likeness (QED) is 0.359. The van der Waals surface area contributed by atoms with Crippen LogP contribution in [0.3, 0.4) is 0 Å². The molecule has 2 aromatic heterocycles. The van der Waals surface area contributed by atoms with Crippen LogP contribution < -0.4 is 5.32 Å². The molecule has 0 saturated carbocycles. The number of nitrogens with one attached hydrogen (secondary N) is 1. The van der Waals surface area contributed by atoms with Crippen LogP contribution in [0, 0.1) is 0 Å². The molecule has 4 rings (SSSR count). The van der Waals surface area contributed by atoms with Crippen molar-refractivity contribution in [1.82, 2.24) is 14.8 Å². The van der Waals surface area contributed by atoms with E-state index in [1.165, 1.54) is 16.6 Å². The standard InChI is InChI=1S/C23H24N4OS2/c1-4-18-12-17(13-29-18)22-25-26-23(27(22)15(2)3)30-14-21(28)24-20-11-7-9-16-8-5-6-10-19(16)20/h5-13,15H,4,14H2,1-3H3,(H,24,28). The number of carbonyl (C=O) groups excluding carboxylic acids is 1. The van der Waals surface area contributed by atoms with Gasteiger partial charge in [0.2, 0.25) is 5.91 Å². The number of thioether (sulfide) groups is 1. The molecule has 0 unspecified atom stereocenters. The van der Waals surface area contributed by atoms with E-state index in [4.69, 9.17) is 0 Å². The molecule has 1 N–H and O–H groups in total. The van der Waals surface area contributed by atoms with E-state index in [9.17, 15) is 4.79 Å². The van der Waals surface area contributed by atoms with Crippen molar-refractivity contribution in [1.29, 1.82) is 0 Å². The van der Waals surface area contributed by atoms with E-state index in [-0.39, 0.29) is 17.7 Å². The van der Waals surface area contributed by atoms with Crippen LogP contribution in [0.5, 0.6) is 0 Å². The Hall–Kier alpha value is -2.64. The van der Waals surface area contributed by atoms with Crippen LogP contribution >= 0.6 is 23.1 Å². The molecule has 154 valence electrons. The van der Waals surface area contributed by atoms with E-state index in [2.05, 4.69) is 52.3 Å². The number of thiophene rings is 1. The second kappa shape index (κ2) is 9.02. The zero-order chi connectivity index (χ0) is 21.1. The summed E-state index contributed by atoms with van der Waals surface area (Å²) in [6.07, 6.45) is 1.01. The minimum absolute atomic E-state index is 0.0555. The Morgan fingerprint density at radius 1 is 1.17 bits per heavy atom. The summed E-state index contributed by atoms with van der Waals surface area (Å²) in [5.74, 6) is 1.08. The highest BCUT2D eigenvalue weighted by Gasteiger charge is 2.19. The second-order valence-corrected chi connectivity index (χ2v) is 9.23. The fourth-order valence-corrected chi connectivity index (χ4v) is 5.05. The Balaban J connectivity index is 1.50. The molecule has 0 aliphatic carbocycles. The maximum absolute atomic E-state index is 12.6. The van der Waals surface area contributed by atoms with Gasteiger partial charge in [-0.2, -0.15) is 0 Å². The van der Waals surface area contributed by atoms with E-state index in [1.807, 2.05) is 42.5 Å². The van der Waals surface area contributed by atoms with Crippen molar-refractivity contribution >= 4 is 45.5 Å². The number of aromatic nitrogens is 3. The maximum atomic E-state index is 12.6. The summed E-state index contributed by atoms with van der Waals surface area (Å²) < 4.78 is 2.11. The van der Waals surface area contributed by atoms with Crippen LogP contribution in [0.4, 0.5) is 5.69 Å². The fraction of sp³-hybridized carbons (Fsp3) is 0.261. The lowest BCUT2D eigenvalue weighted by atomic mass is 10.1. The van der Waals surface area contributed by atoms with Crippen molar-refractivity contribution in [2.24, 2.45) is 0 Å². The minimum Gasteiger partial charge on any atom is -0.325 e. The van der Waals surface area contributed by atoms with Gasteiger partial charge in [0, 0.05) is 32.9 Å². The molecule has 7 heteroatoms. The molecule has 2 aromatic carbocycles. The van der Waals surface area contributed by atoms with Crippen LogP contribution in [-0.4, -0.2) is 26.4 Å². The predicted octanol–water partition coefficient (Wildman–Crippen LogP) is 6.03. The molecule has 0 bridgehead atoms. The topological polar surface area (TPSA) is 59.8 Å². The number of aryl methyl sites for hydroxylation is 1. The average molecular weight is 437 g/mol. The number of rotatable bonds is 7. The summed E-state index contributed by atoms with van der Waals surface area (Å²) >= 11 is 3.16. The Kier molecular flexibility index (Phi) is 6.20. The van der Waals surface area contributed by atoms with Crippen molar-refractivity contribution < 1.29 is 4.79 Å². The summed E-state index contributed by atoms with van der Waals surface area (Å²) in [4.78, 5) is 14.0. The zero-order valence-corrected chi connectivity index (χ0v) is 18.9. The van der Waals surface area contributed by atoms with Crippen molar-refractivity contribution in [2.75, 3.05) is 11.1 Å². The van der Waals surface area contributed by atoms with Crippen LogP contribution in [0.25, 0.3) is 22.2 Å². The van der Waals surface area contributed by atoms with Gasteiger partial charge in [-0.3, -0.25) is 9.36 Å². The van der Waals surface area contributed by atoms with Crippen molar-refractivity contribution in [3.8, 4) is 11.4 Å². The van der Waals surface area contributed by atoms with E-state index in [0.717, 1.165) is 39.4 Å². The first-order chi connectivity index (χ1) is 14.6. The first kappa shape index (κ1) is 20.6. The molecule has 0 aliphatic rings. The van der Waals surface area contributed by atoms with Crippen LogP contribution in [0.2, 0.25) is 0 Å². The Morgan fingerprint density at radius 2 is 1.97 bits per heavy atom. The highest BCUT2D eigenvalue weighted by Crippen LogP contribution is 2.31. The molecule has 30 heavy (non-hydrogen) atoms. The van der Waals surface area contributed by atoms with Crippen LogP contribution in [0.1, 0.15) is 31.7 Å². The van der Waals surface area contributed by atoms with Gasteiger partial charge in [0.1, 0.15) is 0 Å². The number of fused-ring (bicyclic) bond motifs is 1. The number of anilines is 1. The van der Waals surface area contributed by atoms with Gasteiger partial charge in [0.05, 0.1) is 5.75 Å². The lowest BCUT2D eigenvalue weighted by Crippen LogP contribution is -2.15. The molecular formula is C23H24N4OS2. The Morgan fingerprint density at radius 3 is 2.73 bits per heavy atom. The molecule has 0 saturated heterocycles. The summed E-state index contributed by atoms with van der Waals surface area (Å²) in [7, 11) is 0. The smallest absolute Gasteiger partial charge is 0.234 e. The molecule has 2 heterocycles. The number of nitrogens with zero attached hydrogens (tertiary/aromatic N) is 3. The molecule has 1 amide bonds. The van der Waals surface area contributed by atoms with E-state index < -0.39 is 0 Å². The van der Waals surface area contributed by atoms with Gasteiger partial charge in [0.15, 0.2) is 11.0 Å². The third-order valence-corrected chi connectivity index (χ3v) is 6.86. The molecule has 0 fully saturated rings. The average Bonchev–Trinajstić information content (AvgIpc) is 3.39. The Bertz CT molecular complexity index is 1170. The molecule has 4 aromatic rings. The monoisotopic (exact) mass is 436 g/mol. The summed E-state index contributed by atoms with van der Waals surface area (Å²) in [5, 5.41) is 16.9.